The monoisotopic (exact) mass is 1340 g/mol. The van der Waals surface area contributed by atoms with Crippen molar-refractivity contribution in [2.45, 2.75) is 463 Å². The first-order valence-corrected chi connectivity index (χ1v) is 43.4. The van der Waals surface area contributed by atoms with Crippen molar-refractivity contribution in [3.8, 4) is 0 Å². The van der Waals surface area contributed by atoms with Gasteiger partial charge < -0.3 is 18.9 Å². The molecule has 0 aliphatic rings. The second kappa shape index (κ2) is 75.0. The molecule has 0 fully saturated rings. The zero-order valence-corrected chi connectivity index (χ0v) is 64.4. The summed E-state index contributed by atoms with van der Waals surface area (Å²) in [6, 6.07) is 0. The van der Waals surface area contributed by atoms with Crippen LogP contribution in [-0.4, -0.2) is 74.9 Å². The Balaban J connectivity index is 3.86. The summed E-state index contributed by atoms with van der Waals surface area (Å²) in [4.78, 5) is 36.0. The van der Waals surface area contributed by atoms with Crippen LogP contribution >= 0.6 is 7.82 Å². The van der Waals surface area contributed by atoms with Gasteiger partial charge in [0.05, 0.1) is 27.7 Å². The maximum Gasteiger partial charge on any atom is 0.472 e. The number of hydrogen-bond acceptors (Lipinski definition) is 7. The van der Waals surface area contributed by atoms with Gasteiger partial charge in [-0.1, -0.05) is 418 Å². The molecule has 1 N–H and O–H groups in total. The highest BCUT2D eigenvalue weighted by molar-refractivity contribution is 7.47. The molecule has 0 radical (unpaired) electrons. The molecule has 0 amide bonds. The zero-order valence-electron chi connectivity index (χ0n) is 63.6. The Morgan fingerprint density at radius 2 is 0.548 bits per heavy atom. The van der Waals surface area contributed by atoms with Gasteiger partial charge in [0.25, 0.3) is 0 Å². The molecular formula is C83H165NO8P+. The fourth-order valence-corrected chi connectivity index (χ4v) is 13.9. The number of allylic oxidation sites excluding steroid dienone is 2. The van der Waals surface area contributed by atoms with Crippen LogP contribution in [0.25, 0.3) is 0 Å². The van der Waals surface area contributed by atoms with Gasteiger partial charge in [-0.2, -0.15) is 0 Å². The number of carbonyl (C=O) groups is 2. The second-order valence-corrected chi connectivity index (χ2v) is 31.7. The van der Waals surface area contributed by atoms with Crippen LogP contribution in [0.5, 0.6) is 0 Å². The van der Waals surface area contributed by atoms with Crippen molar-refractivity contribution >= 4 is 19.8 Å². The molecule has 0 bridgehead atoms. The van der Waals surface area contributed by atoms with E-state index in [1.54, 1.807) is 0 Å². The number of quaternary nitrogens is 1. The van der Waals surface area contributed by atoms with Crippen LogP contribution in [0.1, 0.15) is 457 Å². The first kappa shape index (κ1) is 91.8. The van der Waals surface area contributed by atoms with Crippen LogP contribution in [0.2, 0.25) is 0 Å². The van der Waals surface area contributed by atoms with Gasteiger partial charge in [-0.05, 0) is 38.5 Å². The summed E-state index contributed by atoms with van der Waals surface area (Å²) in [6.07, 6.45) is 95.3. The van der Waals surface area contributed by atoms with Crippen molar-refractivity contribution in [3.63, 3.8) is 0 Å². The minimum atomic E-state index is -4.39. The number of ether oxygens (including phenoxy) is 2. The Morgan fingerprint density at radius 3 is 0.796 bits per heavy atom. The topological polar surface area (TPSA) is 108 Å². The number of carbonyl (C=O) groups excluding carboxylic acids is 2. The van der Waals surface area contributed by atoms with Crippen LogP contribution in [0, 0.1) is 0 Å². The van der Waals surface area contributed by atoms with Crippen molar-refractivity contribution in [1.82, 2.24) is 0 Å². The maximum absolute atomic E-state index is 12.9. The maximum atomic E-state index is 12.9. The molecule has 0 aliphatic heterocycles. The van der Waals surface area contributed by atoms with Gasteiger partial charge in [0, 0.05) is 12.8 Å². The normalized spacial score (nSPS) is 13.0. The number of likely N-dealkylation sites (N-methyl/N-ethyl adjacent to an activating group) is 1. The molecule has 9 nitrogen and oxygen atoms in total. The molecule has 2 atom stereocenters. The number of unbranched alkanes of at least 4 members (excludes halogenated alkanes) is 64. The highest BCUT2D eigenvalue weighted by atomic mass is 31.2. The molecule has 0 spiro atoms. The third-order valence-corrected chi connectivity index (χ3v) is 20.5. The summed E-state index contributed by atoms with van der Waals surface area (Å²) in [5.74, 6) is -0.765. The van der Waals surface area contributed by atoms with Crippen LogP contribution in [0.4, 0.5) is 0 Å². The predicted octanol–water partition coefficient (Wildman–Crippen LogP) is 27.8. The van der Waals surface area contributed by atoms with Gasteiger partial charge in [-0.3, -0.25) is 18.6 Å². The van der Waals surface area contributed by atoms with Crippen molar-refractivity contribution in [2.24, 2.45) is 0 Å². The third kappa shape index (κ3) is 79.6. The van der Waals surface area contributed by atoms with E-state index in [1.165, 1.54) is 392 Å². The quantitative estimate of drug-likeness (QED) is 0.0211. The molecule has 0 saturated heterocycles. The van der Waals surface area contributed by atoms with E-state index in [2.05, 4.69) is 26.0 Å². The lowest BCUT2D eigenvalue weighted by Crippen LogP contribution is -2.37. The van der Waals surface area contributed by atoms with Crippen LogP contribution in [-0.2, 0) is 32.7 Å². The summed E-state index contributed by atoms with van der Waals surface area (Å²) >= 11 is 0. The number of hydrogen-bond donors (Lipinski definition) is 1. The van der Waals surface area contributed by atoms with Gasteiger partial charge in [-0.25, -0.2) is 4.57 Å². The molecule has 554 valence electrons. The number of rotatable bonds is 80. The Bertz CT molecular complexity index is 1570. The first-order chi connectivity index (χ1) is 45.5. The SMILES string of the molecule is CCCCCCCCCC/C=C\CCCCCCCCCCCCCCCCCCCCCCCCCCCCCC(=O)OC(COC(=O)CCCCCCCCCCCCCCCCCCCCCCCCCCCCCCCC)COP(=O)(O)OCC[N+](C)(C)C. The van der Waals surface area contributed by atoms with E-state index in [0.29, 0.717) is 17.4 Å². The first-order valence-electron chi connectivity index (χ1n) is 41.9. The number of esters is 2. The van der Waals surface area contributed by atoms with Crippen molar-refractivity contribution in [2.75, 3.05) is 47.5 Å². The number of phosphoric ester groups is 1. The van der Waals surface area contributed by atoms with Crippen molar-refractivity contribution < 1.29 is 42.1 Å². The Kier molecular flexibility index (Phi) is 74.0. The van der Waals surface area contributed by atoms with E-state index in [4.69, 9.17) is 18.5 Å². The van der Waals surface area contributed by atoms with Crippen molar-refractivity contribution in [3.05, 3.63) is 12.2 Å². The molecular weight excluding hydrogens is 1170 g/mol. The smallest absolute Gasteiger partial charge is 0.462 e. The van der Waals surface area contributed by atoms with Gasteiger partial charge >= 0.3 is 19.8 Å². The molecule has 0 aliphatic carbocycles. The largest absolute Gasteiger partial charge is 0.472 e. The second-order valence-electron chi connectivity index (χ2n) is 30.2. The number of nitrogens with zero attached hydrogens (tertiary/aromatic N) is 1. The van der Waals surface area contributed by atoms with E-state index in [-0.39, 0.29) is 25.6 Å². The Hall–Kier alpha value is -1.25. The molecule has 0 aromatic carbocycles. The lowest BCUT2D eigenvalue weighted by atomic mass is 10.0. The van der Waals surface area contributed by atoms with E-state index in [9.17, 15) is 19.0 Å². The molecule has 0 aromatic rings. The van der Waals surface area contributed by atoms with Crippen molar-refractivity contribution in [1.29, 1.82) is 0 Å². The molecule has 0 aromatic heterocycles. The summed E-state index contributed by atoms with van der Waals surface area (Å²) in [5, 5.41) is 0. The lowest BCUT2D eigenvalue weighted by molar-refractivity contribution is -0.870. The van der Waals surface area contributed by atoms with E-state index >= 15 is 0 Å². The molecule has 2 unspecified atom stereocenters. The predicted molar refractivity (Wildman–Crippen MR) is 405 cm³/mol. The molecule has 0 saturated carbocycles. The lowest BCUT2D eigenvalue weighted by Gasteiger charge is -2.24. The highest BCUT2D eigenvalue weighted by Crippen LogP contribution is 2.43. The zero-order chi connectivity index (χ0) is 67.6. The minimum Gasteiger partial charge on any atom is -0.462 e. The summed E-state index contributed by atoms with van der Waals surface area (Å²) < 4.78 is 34.9. The highest BCUT2D eigenvalue weighted by Gasteiger charge is 2.27. The average Bonchev–Trinajstić information content (AvgIpc) is 2.01. The van der Waals surface area contributed by atoms with Gasteiger partial charge in [0.15, 0.2) is 6.10 Å². The van der Waals surface area contributed by atoms with Gasteiger partial charge in [-0.15, -0.1) is 0 Å². The fraction of sp³-hybridized carbons (Fsp3) is 0.952. The summed E-state index contributed by atoms with van der Waals surface area (Å²) in [7, 11) is 1.51. The number of phosphoric acid groups is 1. The Labute approximate surface area is 581 Å². The standard InChI is InChI=1S/C83H164NO8P/c1-6-8-10-12-14-16-18-20-22-24-26-28-30-32-34-36-38-39-40-41-42-43-44-45-46-48-50-52-54-56-58-60-62-64-66-68-70-72-74-76-83(86)92-81(80-91-93(87,88)90-78-77-84(3,4)5)79-89-82(85)75-73-71-69-67-65-63-61-59-57-55-53-51-49-47-37-35-33-31-29-27-25-23-21-19-17-15-13-11-9-7-2/h24,26,81H,6-23,25,27-80H2,1-5H3/p+1/b26-24-. The van der Waals surface area contributed by atoms with Gasteiger partial charge in [0.2, 0.25) is 0 Å². The Morgan fingerprint density at radius 1 is 0.323 bits per heavy atom. The molecule has 0 heterocycles. The van der Waals surface area contributed by atoms with Crippen LogP contribution < -0.4 is 0 Å². The third-order valence-electron chi connectivity index (χ3n) is 19.5. The molecule has 0 rings (SSSR count). The summed E-state index contributed by atoms with van der Waals surface area (Å²) in [6.45, 7) is 4.54. The van der Waals surface area contributed by atoms with Gasteiger partial charge in [0.1, 0.15) is 19.8 Å². The molecule has 93 heavy (non-hydrogen) atoms. The van der Waals surface area contributed by atoms with Crippen LogP contribution in [0.3, 0.4) is 0 Å². The summed E-state index contributed by atoms with van der Waals surface area (Å²) in [5.41, 5.74) is 0. The average molecular weight is 1340 g/mol. The van der Waals surface area contributed by atoms with Crippen LogP contribution in [0.15, 0.2) is 12.2 Å². The fourth-order valence-electron chi connectivity index (χ4n) is 13.1. The minimum absolute atomic E-state index is 0.0372. The van der Waals surface area contributed by atoms with E-state index < -0.39 is 26.5 Å². The molecule has 10 heteroatoms. The van der Waals surface area contributed by atoms with E-state index in [1.807, 2.05) is 21.1 Å². The van der Waals surface area contributed by atoms with E-state index in [0.717, 1.165) is 38.5 Å².